The third-order valence-corrected chi connectivity index (χ3v) is 4.38. The highest BCUT2D eigenvalue weighted by atomic mass is 16.5. The average molecular weight is 380 g/mol. The number of hydrogen-bond donors (Lipinski definition) is 1. The molecule has 1 atom stereocenters. The molecule has 0 aliphatic rings. The molecule has 0 heterocycles. The van der Waals surface area contributed by atoms with E-state index in [2.05, 4.69) is 11.9 Å². The van der Waals surface area contributed by atoms with Gasteiger partial charge in [0.1, 0.15) is 11.8 Å². The molecular formula is C23H28N2O3. The number of carbonyl (C=O) groups excluding carboxylic acids is 2. The Kier molecular flexibility index (Phi) is 7.81. The largest absolute Gasteiger partial charge is 0.497 e. The lowest BCUT2D eigenvalue weighted by molar-refractivity contribution is -0.144. The Morgan fingerprint density at radius 3 is 2.29 bits per heavy atom. The molecule has 2 aromatic carbocycles. The number of hydrogen-bond acceptors (Lipinski definition) is 3. The van der Waals surface area contributed by atoms with E-state index < -0.39 is 6.04 Å². The fraction of sp³-hybridized carbons (Fsp3) is 0.304. The summed E-state index contributed by atoms with van der Waals surface area (Å²) < 4.78 is 5.21. The third kappa shape index (κ3) is 5.46. The number of methoxy groups -OCH3 is 1. The maximum absolute atomic E-state index is 13.1. The van der Waals surface area contributed by atoms with Gasteiger partial charge >= 0.3 is 0 Å². The molecule has 0 aliphatic heterocycles. The number of nitrogens with zero attached hydrogens (tertiary/aromatic N) is 1. The van der Waals surface area contributed by atoms with E-state index in [9.17, 15) is 9.59 Å². The number of ether oxygens (including phenoxy) is 1. The molecule has 28 heavy (non-hydrogen) atoms. The molecule has 5 heteroatoms. The van der Waals surface area contributed by atoms with Crippen molar-refractivity contribution in [2.24, 2.45) is 5.92 Å². The molecule has 0 radical (unpaired) electrons. The molecule has 0 unspecified atom stereocenters. The Hall–Kier alpha value is -3.08. The van der Waals surface area contributed by atoms with Crippen molar-refractivity contribution in [2.45, 2.75) is 26.4 Å². The minimum Gasteiger partial charge on any atom is -0.497 e. The Labute approximate surface area is 167 Å². The Balaban J connectivity index is 2.43. The van der Waals surface area contributed by atoms with Gasteiger partial charge in [-0.2, -0.15) is 0 Å². The lowest BCUT2D eigenvalue weighted by atomic mass is 10.0. The molecule has 0 aliphatic carbocycles. The summed E-state index contributed by atoms with van der Waals surface area (Å²) >= 11 is 0. The van der Waals surface area contributed by atoms with Crippen LogP contribution in [0, 0.1) is 5.92 Å². The SMILES string of the molecule is C=CCNC(=O)[C@H](c1ccccc1)N(Cc1ccc(OC)cc1)C(=O)C(C)C. The maximum atomic E-state index is 13.1. The van der Waals surface area contributed by atoms with Crippen molar-refractivity contribution in [3.63, 3.8) is 0 Å². The van der Waals surface area contributed by atoms with Crippen LogP contribution in [0.4, 0.5) is 0 Å². The van der Waals surface area contributed by atoms with Crippen LogP contribution in [0.25, 0.3) is 0 Å². The topological polar surface area (TPSA) is 58.6 Å². The third-order valence-electron chi connectivity index (χ3n) is 4.38. The van der Waals surface area contributed by atoms with Gasteiger partial charge in [0.05, 0.1) is 7.11 Å². The van der Waals surface area contributed by atoms with Gasteiger partial charge in [-0.25, -0.2) is 0 Å². The van der Waals surface area contributed by atoms with Gasteiger partial charge in [-0.05, 0) is 23.3 Å². The molecule has 0 saturated heterocycles. The smallest absolute Gasteiger partial charge is 0.247 e. The molecule has 2 amide bonds. The molecule has 0 fully saturated rings. The van der Waals surface area contributed by atoms with Gasteiger partial charge < -0.3 is 15.0 Å². The van der Waals surface area contributed by atoms with E-state index in [0.29, 0.717) is 13.1 Å². The first kappa shape index (κ1) is 21.2. The van der Waals surface area contributed by atoms with E-state index in [-0.39, 0.29) is 17.7 Å². The zero-order valence-electron chi connectivity index (χ0n) is 16.7. The van der Waals surface area contributed by atoms with E-state index in [1.165, 1.54) is 0 Å². The van der Waals surface area contributed by atoms with Crippen LogP contribution in [-0.2, 0) is 16.1 Å². The summed E-state index contributed by atoms with van der Waals surface area (Å²) in [5.41, 5.74) is 1.69. The van der Waals surface area contributed by atoms with Crippen molar-refractivity contribution >= 4 is 11.8 Å². The van der Waals surface area contributed by atoms with E-state index in [4.69, 9.17) is 4.74 Å². The van der Waals surface area contributed by atoms with E-state index in [1.54, 1.807) is 18.1 Å². The van der Waals surface area contributed by atoms with E-state index in [1.807, 2.05) is 68.4 Å². The predicted octanol–water partition coefficient (Wildman–Crippen LogP) is 3.72. The van der Waals surface area contributed by atoms with Crippen LogP contribution in [0.3, 0.4) is 0 Å². The molecule has 0 bridgehead atoms. The molecule has 2 rings (SSSR count). The maximum Gasteiger partial charge on any atom is 0.247 e. The second-order valence-electron chi connectivity index (χ2n) is 6.82. The van der Waals surface area contributed by atoms with Crippen LogP contribution in [-0.4, -0.2) is 30.4 Å². The quantitative estimate of drug-likeness (QED) is 0.675. The van der Waals surface area contributed by atoms with Crippen LogP contribution in [0.5, 0.6) is 5.75 Å². The van der Waals surface area contributed by atoms with Crippen LogP contribution in [0.15, 0.2) is 67.3 Å². The summed E-state index contributed by atoms with van der Waals surface area (Å²) in [6, 6.07) is 16.2. The van der Waals surface area contributed by atoms with Crippen molar-refractivity contribution in [2.75, 3.05) is 13.7 Å². The van der Waals surface area contributed by atoms with Crippen molar-refractivity contribution < 1.29 is 14.3 Å². The average Bonchev–Trinajstić information content (AvgIpc) is 2.72. The molecule has 5 nitrogen and oxygen atoms in total. The molecule has 0 saturated carbocycles. The Morgan fingerprint density at radius 2 is 1.75 bits per heavy atom. The van der Waals surface area contributed by atoms with Crippen molar-refractivity contribution in [1.82, 2.24) is 10.2 Å². The van der Waals surface area contributed by atoms with Gasteiger partial charge in [0, 0.05) is 19.0 Å². The highest BCUT2D eigenvalue weighted by Crippen LogP contribution is 2.26. The molecule has 148 valence electrons. The van der Waals surface area contributed by atoms with Crippen LogP contribution in [0.2, 0.25) is 0 Å². The molecule has 0 aromatic heterocycles. The standard InChI is InChI=1S/C23H28N2O3/c1-5-15-24-22(26)21(19-9-7-6-8-10-19)25(23(27)17(2)3)16-18-11-13-20(28-4)14-12-18/h5-14,17,21H,1,15-16H2,2-4H3,(H,24,26)/t21-/m0/s1. The number of nitrogens with one attached hydrogen (secondary N) is 1. The number of benzene rings is 2. The zero-order chi connectivity index (χ0) is 20.5. The summed E-state index contributed by atoms with van der Waals surface area (Å²) in [6.07, 6.45) is 1.62. The second-order valence-corrected chi connectivity index (χ2v) is 6.82. The van der Waals surface area contributed by atoms with E-state index in [0.717, 1.165) is 16.9 Å². The summed E-state index contributed by atoms with van der Waals surface area (Å²) in [5.74, 6) is 0.192. The highest BCUT2D eigenvalue weighted by Gasteiger charge is 2.32. The molecular weight excluding hydrogens is 352 g/mol. The predicted molar refractivity (Wildman–Crippen MR) is 111 cm³/mol. The minimum absolute atomic E-state index is 0.0848. The molecule has 2 aromatic rings. The first-order valence-corrected chi connectivity index (χ1v) is 9.35. The summed E-state index contributed by atoms with van der Waals surface area (Å²) in [7, 11) is 1.61. The fourth-order valence-corrected chi connectivity index (χ4v) is 2.93. The van der Waals surface area contributed by atoms with Crippen LogP contribution >= 0.6 is 0 Å². The van der Waals surface area contributed by atoms with Crippen molar-refractivity contribution in [1.29, 1.82) is 0 Å². The van der Waals surface area contributed by atoms with Gasteiger partial charge in [0.25, 0.3) is 0 Å². The summed E-state index contributed by atoms with van der Waals surface area (Å²) in [4.78, 5) is 27.7. The lowest BCUT2D eigenvalue weighted by Gasteiger charge is -2.32. The number of carbonyl (C=O) groups is 2. The first-order chi connectivity index (χ1) is 13.5. The fourth-order valence-electron chi connectivity index (χ4n) is 2.93. The first-order valence-electron chi connectivity index (χ1n) is 9.35. The minimum atomic E-state index is -0.724. The zero-order valence-corrected chi connectivity index (χ0v) is 16.7. The highest BCUT2D eigenvalue weighted by molar-refractivity contribution is 5.89. The Morgan fingerprint density at radius 1 is 1.11 bits per heavy atom. The van der Waals surface area contributed by atoms with Gasteiger partial charge in [-0.15, -0.1) is 6.58 Å². The normalized spacial score (nSPS) is 11.6. The van der Waals surface area contributed by atoms with Crippen molar-refractivity contribution in [3.8, 4) is 5.75 Å². The Bertz CT molecular complexity index is 785. The van der Waals surface area contributed by atoms with Crippen LogP contribution < -0.4 is 10.1 Å². The van der Waals surface area contributed by atoms with Gasteiger partial charge in [-0.3, -0.25) is 9.59 Å². The van der Waals surface area contributed by atoms with Gasteiger partial charge in [-0.1, -0.05) is 62.4 Å². The summed E-state index contributed by atoms with van der Waals surface area (Å²) in [6.45, 7) is 7.99. The van der Waals surface area contributed by atoms with Gasteiger partial charge in [0.15, 0.2) is 0 Å². The monoisotopic (exact) mass is 380 g/mol. The molecule has 0 spiro atoms. The van der Waals surface area contributed by atoms with Gasteiger partial charge in [0.2, 0.25) is 11.8 Å². The number of rotatable bonds is 9. The summed E-state index contributed by atoms with van der Waals surface area (Å²) in [5, 5.41) is 2.84. The van der Waals surface area contributed by atoms with Crippen molar-refractivity contribution in [3.05, 3.63) is 78.4 Å². The lowest BCUT2D eigenvalue weighted by Crippen LogP contribution is -2.44. The molecule has 1 N–H and O–H groups in total. The van der Waals surface area contributed by atoms with Crippen LogP contribution in [0.1, 0.15) is 31.0 Å². The van der Waals surface area contributed by atoms with E-state index >= 15 is 0 Å². The number of amides is 2. The second kappa shape index (κ2) is 10.3.